The van der Waals surface area contributed by atoms with Gasteiger partial charge in [0.2, 0.25) is 0 Å². The van der Waals surface area contributed by atoms with Crippen molar-refractivity contribution >= 4 is 11.5 Å². The Labute approximate surface area is 91.9 Å². The van der Waals surface area contributed by atoms with Gasteiger partial charge in [-0.3, -0.25) is 4.79 Å². The number of ketones is 1. The number of nitrogens with zero attached hydrogens (tertiary/aromatic N) is 1. The number of carbonyl (C=O) groups is 1. The highest BCUT2D eigenvalue weighted by Gasteiger charge is 2.05. The first-order chi connectivity index (χ1) is 7.00. The highest BCUT2D eigenvalue weighted by atomic mass is 16.1. The molecule has 0 saturated carbocycles. The standard InChI is InChI=1S/C13H19NO/c1-10-5-6-11(2)13(9-10)14(4)8-7-12(3)15/h5-6,9H,7-8H2,1-4H3. The fourth-order valence-electron chi connectivity index (χ4n) is 1.58. The SMILES string of the molecule is CC(=O)CCN(C)c1cc(C)ccc1C. The molecule has 0 aliphatic heterocycles. The third-order valence-corrected chi connectivity index (χ3v) is 2.58. The van der Waals surface area contributed by atoms with Crippen LogP contribution in [0.2, 0.25) is 0 Å². The first kappa shape index (κ1) is 11.8. The van der Waals surface area contributed by atoms with Gasteiger partial charge < -0.3 is 4.90 Å². The maximum Gasteiger partial charge on any atom is 0.131 e. The van der Waals surface area contributed by atoms with Gasteiger partial charge in [0.1, 0.15) is 5.78 Å². The third kappa shape index (κ3) is 3.39. The van der Waals surface area contributed by atoms with Gasteiger partial charge in [-0.15, -0.1) is 0 Å². The van der Waals surface area contributed by atoms with E-state index in [9.17, 15) is 4.79 Å². The lowest BCUT2D eigenvalue weighted by atomic mass is 10.1. The molecule has 2 heteroatoms. The number of Topliss-reactive ketones (excluding diaryl/α,β-unsaturated/α-hetero) is 1. The van der Waals surface area contributed by atoms with E-state index in [1.54, 1.807) is 6.92 Å². The average molecular weight is 205 g/mol. The number of rotatable bonds is 4. The zero-order chi connectivity index (χ0) is 11.4. The maximum atomic E-state index is 10.9. The lowest BCUT2D eigenvalue weighted by Crippen LogP contribution is -2.21. The van der Waals surface area contributed by atoms with Crippen molar-refractivity contribution in [3.8, 4) is 0 Å². The van der Waals surface area contributed by atoms with Crippen molar-refractivity contribution < 1.29 is 4.79 Å². The summed E-state index contributed by atoms with van der Waals surface area (Å²) in [5, 5.41) is 0. The van der Waals surface area contributed by atoms with E-state index < -0.39 is 0 Å². The van der Waals surface area contributed by atoms with E-state index in [2.05, 4.69) is 36.9 Å². The van der Waals surface area contributed by atoms with Crippen LogP contribution in [-0.2, 0) is 4.79 Å². The summed E-state index contributed by atoms with van der Waals surface area (Å²) in [6, 6.07) is 6.39. The molecule has 2 nitrogen and oxygen atoms in total. The number of carbonyl (C=O) groups excluding carboxylic acids is 1. The molecule has 0 aromatic heterocycles. The van der Waals surface area contributed by atoms with Crippen LogP contribution in [0.4, 0.5) is 5.69 Å². The predicted octanol–water partition coefficient (Wildman–Crippen LogP) is 2.72. The van der Waals surface area contributed by atoms with Crippen LogP contribution < -0.4 is 4.90 Å². The fraction of sp³-hybridized carbons (Fsp3) is 0.462. The van der Waals surface area contributed by atoms with Crippen molar-refractivity contribution in [3.05, 3.63) is 29.3 Å². The van der Waals surface area contributed by atoms with Crippen molar-refractivity contribution in [3.63, 3.8) is 0 Å². The highest BCUT2D eigenvalue weighted by molar-refractivity contribution is 5.76. The molecule has 0 aliphatic rings. The topological polar surface area (TPSA) is 20.3 Å². The Morgan fingerprint density at radius 2 is 2.00 bits per heavy atom. The van der Waals surface area contributed by atoms with Crippen molar-refractivity contribution in [2.45, 2.75) is 27.2 Å². The van der Waals surface area contributed by atoms with Crippen LogP contribution in [0.25, 0.3) is 0 Å². The van der Waals surface area contributed by atoms with Crippen LogP contribution in [0.3, 0.4) is 0 Å². The van der Waals surface area contributed by atoms with E-state index in [1.807, 2.05) is 7.05 Å². The molecule has 0 saturated heterocycles. The normalized spacial score (nSPS) is 10.1. The summed E-state index contributed by atoms with van der Waals surface area (Å²) < 4.78 is 0. The Morgan fingerprint density at radius 3 is 2.60 bits per heavy atom. The highest BCUT2D eigenvalue weighted by Crippen LogP contribution is 2.20. The molecule has 0 atom stereocenters. The van der Waals surface area contributed by atoms with E-state index >= 15 is 0 Å². The van der Waals surface area contributed by atoms with Crippen LogP contribution in [0.5, 0.6) is 0 Å². The molecule has 1 aromatic rings. The van der Waals surface area contributed by atoms with Crippen molar-refractivity contribution in [1.82, 2.24) is 0 Å². The van der Waals surface area contributed by atoms with Gasteiger partial charge in [0, 0.05) is 25.7 Å². The zero-order valence-electron chi connectivity index (χ0n) is 10.0. The van der Waals surface area contributed by atoms with Crippen LogP contribution in [0.1, 0.15) is 24.5 Å². The van der Waals surface area contributed by atoms with E-state index in [0.717, 1.165) is 6.54 Å². The summed E-state index contributed by atoms with van der Waals surface area (Å²) in [7, 11) is 2.03. The van der Waals surface area contributed by atoms with Crippen molar-refractivity contribution in [2.24, 2.45) is 0 Å². The first-order valence-corrected chi connectivity index (χ1v) is 5.28. The molecule has 15 heavy (non-hydrogen) atoms. The van der Waals surface area contributed by atoms with Gasteiger partial charge in [-0.1, -0.05) is 12.1 Å². The molecule has 0 aliphatic carbocycles. The Kier molecular flexibility index (Phi) is 3.89. The molecule has 0 radical (unpaired) electrons. The minimum Gasteiger partial charge on any atom is -0.374 e. The summed E-state index contributed by atoms with van der Waals surface area (Å²) in [6.07, 6.45) is 0.615. The van der Waals surface area contributed by atoms with Gasteiger partial charge in [0.15, 0.2) is 0 Å². The molecule has 0 bridgehead atoms. The summed E-state index contributed by atoms with van der Waals surface area (Å²) >= 11 is 0. The van der Waals surface area contributed by atoms with Crippen molar-refractivity contribution in [2.75, 3.05) is 18.5 Å². The fourth-order valence-corrected chi connectivity index (χ4v) is 1.58. The van der Waals surface area contributed by atoms with E-state index in [-0.39, 0.29) is 5.78 Å². The molecular weight excluding hydrogens is 186 g/mol. The maximum absolute atomic E-state index is 10.9. The smallest absolute Gasteiger partial charge is 0.131 e. The summed E-state index contributed by atoms with van der Waals surface area (Å²) in [6.45, 7) is 6.61. The predicted molar refractivity (Wildman–Crippen MR) is 64.5 cm³/mol. The van der Waals surface area contributed by atoms with Gasteiger partial charge in [-0.2, -0.15) is 0 Å². The first-order valence-electron chi connectivity index (χ1n) is 5.28. The van der Waals surface area contributed by atoms with E-state index in [4.69, 9.17) is 0 Å². The molecular formula is C13H19NO. The Bertz CT molecular complexity index is 358. The van der Waals surface area contributed by atoms with Gasteiger partial charge in [0.05, 0.1) is 0 Å². The number of hydrogen-bond donors (Lipinski definition) is 0. The Balaban J connectivity index is 2.76. The third-order valence-electron chi connectivity index (χ3n) is 2.58. The van der Waals surface area contributed by atoms with Crippen molar-refractivity contribution in [1.29, 1.82) is 0 Å². The van der Waals surface area contributed by atoms with Gasteiger partial charge in [-0.05, 0) is 38.0 Å². The average Bonchev–Trinajstić information content (AvgIpc) is 2.18. The molecule has 0 amide bonds. The minimum absolute atomic E-state index is 0.243. The second-order valence-corrected chi connectivity index (χ2v) is 4.16. The monoisotopic (exact) mass is 205 g/mol. The van der Waals surface area contributed by atoms with Gasteiger partial charge in [-0.25, -0.2) is 0 Å². The van der Waals surface area contributed by atoms with E-state index in [0.29, 0.717) is 6.42 Å². The molecule has 0 heterocycles. The molecule has 1 aromatic carbocycles. The zero-order valence-corrected chi connectivity index (χ0v) is 10.0. The van der Waals surface area contributed by atoms with Crippen LogP contribution >= 0.6 is 0 Å². The molecule has 1 rings (SSSR count). The van der Waals surface area contributed by atoms with Gasteiger partial charge >= 0.3 is 0 Å². The number of hydrogen-bond acceptors (Lipinski definition) is 2. The summed E-state index contributed by atoms with van der Waals surface area (Å²) in [4.78, 5) is 13.0. The Morgan fingerprint density at radius 1 is 1.33 bits per heavy atom. The number of anilines is 1. The lowest BCUT2D eigenvalue weighted by molar-refractivity contribution is -0.116. The number of benzene rings is 1. The second-order valence-electron chi connectivity index (χ2n) is 4.16. The quantitative estimate of drug-likeness (QED) is 0.753. The largest absolute Gasteiger partial charge is 0.374 e. The second kappa shape index (κ2) is 4.96. The molecule has 0 N–H and O–H groups in total. The summed E-state index contributed by atoms with van der Waals surface area (Å²) in [5.74, 6) is 0.243. The lowest BCUT2D eigenvalue weighted by Gasteiger charge is -2.21. The molecule has 82 valence electrons. The van der Waals surface area contributed by atoms with E-state index in [1.165, 1.54) is 16.8 Å². The van der Waals surface area contributed by atoms with Crippen LogP contribution in [0, 0.1) is 13.8 Å². The molecule has 0 spiro atoms. The summed E-state index contributed by atoms with van der Waals surface area (Å²) in [5.41, 5.74) is 3.73. The Hall–Kier alpha value is -1.31. The minimum atomic E-state index is 0.243. The molecule has 0 fully saturated rings. The van der Waals surface area contributed by atoms with Crippen LogP contribution in [-0.4, -0.2) is 19.4 Å². The number of aryl methyl sites for hydroxylation is 2. The molecule has 0 unspecified atom stereocenters. The van der Waals surface area contributed by atoms with Crippen LogP contribution in [0.15, 0.2) is 18.2 Å². The van der Waals surface area contributed by atoms with Gasteiger partial charge in [0.25, 0.3) is 0 Å².